The van der Waals surface area contributed by atoms with Gasteiger partial charge in [-0.2, -0.15) is 0 Å². The van der Waals surface area contributed by atoms with Gasteiger partial charge in [0.2, 0.25) is 0 Å². The quantitative estimate of drug-likeness (QED) is 0.890. The molecule has 0 unspecified atom stereocenters. The first kappa shape index (κ1) is 12.5. The predicted molar refractivity (Wildman–Crippen MR) is 67.1 cm³/mol. The highest BCUT2D eigenvalue weighted by atomic mass is 19.1. The van der Waals surface area contributed by atoms with Gasteiger partial charge in [0.25, 0.3) is 0 Å². The van der Waals surface area contributed by atoms with Crippen molar-refractivity contribution in [2.24, 2.45) is 0 Å². The second-order valence-corrected chi connectivity index (χ2v) is 4.48. The van der Waals surface area contributed by atoms with Gasteiger partial charge in [0.1, 0.15) is 29.0 Å². The minimum absolute atomic E-state index is 0.134. The molecule has 0 aliphatic carbocycles. The average Bonchev–Trinajstić information content (AvgIpc) is 2.54. The average molecular weight is 251 g/mol. The molecule has 0 saturated carbocycles. The molecule has 0 atom stereocenters. The Morgan fingerprint density at radius 2 is 1.94 bits per heavy atom. The van der Waals surface area contributed by atoms with Crippen molar-refractivity contribution in [2.75, 3.05) is 5.73 Å². The van der Waals surface area contributed by atoms with Crippen molar-refractivity contribution in [3.8, 4) is 11.3 Å². The third kappa shape index (κ3) is 1.96. The standard InChI is InChI=1S/C13H15F2N3/c1-7(2)18-8(3)17-12(13(18)16)10-5-4-9(14)6-11(10)15/h4-7H,16H2,1-3H3. The van der Waals surface area contributed by atoms with E-state index in [-0.39, 0.29) is 11.6 Å². The third-order valence-corrected chi connectivity index (χ3v) is 2.83. The zero-order chi connectivity index (χ0) is 13.4. The summed E-state index contributed by atoms with van der Waals surface area (Å²) in [5, 5.41) is 0. The SMILES string of the molecule is Cc1nc(-c2ccc(F)cc2F)c(N)n1C(C)C. The highest BCUT2D eigenvalue weighted by molar-refractivity contribution is 5.71. The number of nitrogens with zero attached hydrogens (tertiary/aromatic N) is 2. The summed E-state index contributed by atoms with van der Waals surface area (Å²) in [4.78, 5) is 4.27. The van der Waals surface area contributed by atoms with Crippen LogP contribution >= 0.6 is 0 Å². The van der Waals surface area contributed by atoms with E-state index in [0.29, 0.717) is 17.3 Å². The topological polar surface area (TPSA) is 43.8 Å². The largest absolute Gasteiger partial charge is 0.383 e. The van der Waals surface area contributed by atoms with E-state index in [4.69, 9.17) is 5.73 Å². The van der Waals surface area contributed by atoms with Crippen LogP contribution in [0.15, 0.2) is 18.2 Å². The van der Waals surface area contributed by atoms with E-state index < -0.39 is 11.6 Å². The summed E-state index contributed by atoms with van der Waals surface area (Å²) in [5.74, 6) is -0.167. The molecule has 0 radical (unpaired) electrons. The maximum absolute atomic E-state index is 13.7. The number of aryl methyl sites for hydroxylation is 1. The Morgan fingerprint density at radius 3 is 2.44 bits per heavy atom. The Balaban J connectivity index is 2.62. The van der Waals surface area contributed by atoms with Crippen LogP contribution in [0.3, 0.4) is 0 Å². The molecular weight excluding hydrogens is 236 g/mol. The molecule has 5 heteroatoms. The Bertz CT molecular complexity index is 588. The summed E-state index contributed by atoms with van der Waals surface area (Å²) in [7, 11) is 0. The third-order valence-electron chi connectivity index (χ3n) is 2.83. The number of nitrogen functional groups attached to an aromatic ring is 1. The summed E-state index contributed by atoms with van der Waals surface area (Å²) >= 11 is 0. The minimum atomic E-state index is -0.657. The molecule has 0 spiro atoms. The van der Waals surface area contributed by atoms with E-state index in [1.165, 1.54) is 12.1 Å². The summed E-state index contributed by atoms with van der Waals surface area (Å²) < 4.78 is 28.4. The van der Waals surface area contributed by atoms with Crippen molar-refractivity contribution in [3.05, 3.63) is 35.7 Å². The number of rotatable bonds is 2. The van der Waals surface area contributed by atoms with E-state index in [9.17, 15) is 8.78 Å². The van der Waals surface area contributed by atoms with Crippen LogP contribution in [-0.4, -0.2) is 9.55 Å². The van der Waals surface area contributed by atoms with Gasteiger partial charge in [-0.25, -0.2) is 13.8 Å². The maximum Gasteiger partial charge on any atom is 0.135 e. The fraction of sp³-hybridized carbons (Fsp3) is 0.308. The number of hydrogen-bond acceptors (Lipinski definition) is 2. The van der Waals surface area contributed by atoms with Gasteiger partial charge >= 0.3 is 0 Å². The van der Waals surface area contributed by atoms with Gasteiger partial charge in [0.05, 0.1) is 0 Å². The molecule has 2 aromatic rings. The van der Waals surface area contributed by atoms with E-state index >= 15 is 0 Å². The molecule has 1 aromatic heterocycles. The van der Waals surface area contributed by atoms with Gasteiger partial charge in [-0.05, 0) is 32.9 Å². The van der Waals surface area contributed by atoms with Crippen molar-refractivity contribution >= 4 is 5.82 Å². The molecule has 1 heterocycles. The van der Waals surface area contributed by atoms with E-state index in [2.05, 4.69) is 4.98 Å². The molecule has 0 amide bonds. The number of anilines is 1. The first-order chi connectivity index (χ1) is 8.41. The number of halogens is 2. The van der Waals surface area contributed by atoms with Crippen LogP contribution in [-0.2, 0) is 0 Å². The highest BCUT2D eigenvalue weighted by Crippen LogP contribution is 2.30. The normalized spacial score (nSPS) is 11.2. The number of aromatic nitrogens is 2. The van der Waals surface area contributed by atoms with Gasteiger partial charge < -0.3 is 10.3 Å². The molecule has 1 aromatic carbocycles. The van der Waals surface area contributed by atoms with Crippen molar-refractivity contribution < 1.29 is 8.78 Å². The number of benzene rings is 1. The smallest absolute Gasteiger partial charge is 0.135 e. The zero-order valence-electron chi connectivity index (χ0n) is 10.5. The lowest BCUT2D eigenvalue weighted by atomic mass is 10.1. The first-order valence-electron chi connectivity index (χ1n) is 5.71. The van der Waals surface area contributed by atoms with Crippen molar-refractivity contribution in [3.63, 3.8) is 0 Å². The number of imidazole rings is 1. The Labute approximate surface area is 104 Å². The van der Waals surface area contributed by atoms with Gasteiger partial charge in [0, 0.05) is 17.7 Å². The molecule has 0 fully saturated rings. The van der Waals surface area contributed by atoms with Crippen LogP contribution in [0.1, 0.15) is 25.7 Å². The van der Waals surface area contributed by atoms with Gasteiger partial charge in [-0.1, -0.05) is 0 Å². The molecule has 2 N–H and O–H groups in total. The number of nitrogens with two attached hydrogens (primary N) is 1. The van der Waals surface area contributed by atoms with Crippen LogP contribution in [0.5, 0.6) is 0 Å². The molecule has 0 saturated heterocycles. The maximum atomic E-state index is 13.7. The molecule has 18 heavy (non-hydrogen) atoms. The first-order valence-corrected chi connectivity index (χ1v) is 5.71. The van der Waals surface area contributed by atoms with E-state index in [0.717, 1.165) is 6.07 Å². The highest BCUT2D eigenvalue weighted by Gasteiger charge is 2.18. The molecule has 2 rings (SSSR count). The minimum Gasteiger partial charge on any atom is -0.383 e. The molecule has 96 valence electrons. The van der Waals surface area contributed by atoms with Crippen LogP contribution in [0, 0.1) is 18.6 Å². The molecule has 0 bridgehead atoms. The Morgan fingerprint density at radius 1 is 1.28 bits per heavy atom. The van der Waals surface area contributed by atoms with Gasteiger partial charge in [0.15, 0.2) is 0 Å². The van der Waals surface area contributed by atoms with Crippen LogP contribution < -0.4 is 5.73 Å². The van der Waals surface area contributed by atoms with Crippen LogP contribution in [0.25, 0.3) is 11.3 Å². The van der Waals surface area contributed by atoms with E-state index in [1.807, 2.05) is 18.4 Å². The second-order valence-electron chi connectivity index (χ2n) is 4.48. The van der Waals surface area contributed by atoms with Gasteiger partial charge in [-0.3, -0.25) is 0 Å². The zero-order valence-corrected chi connectivity index (χ0v) is 10.5. The van der Waals surface area contributed by atoms with Gasteiger partial charge in [-0.15, -0.1) is 0 Å². The van der Waals surface area contributed by atoms with E-state index in [1.54, 1.807) is 6.92 Å². The van der Waals surface area contributed by atoms with Crippen molar-refractivity contribution in [1.82, 2.24) is 9.55 Å². The predicted octanol–water partition coefficient (Wildman–Crippen LogP) is 3.30. The van der Waals surface area contributed by atoms with Crippen molar-refractivity contribution in [1.29, 1.82) is 0 Å². The van der Waals surface area contributed by atoms with Crippen LogP contribution in [0.4, 0.5) is 14.6 Å². The van der Waals surface area contributed by atoms with Crippen LogP contribution in [0.2, 0.25) is 0 Å². The fourth-order valence-electron chi connectivity index (χ4n) is 2.09. The summed E-state index contributed by atoms with van der Waals surface area (Å²) in [5.41, 5.74) is 6.56. The lowest BCUT2D eigenvalue weighted by Gasteiger charge is -2.11. The lowest BCUT2D eigenvalue weighted by molar-refractivity contribution is 0.585. The fourth-order valence-corrected chi connectivity index (χ4v) is 2.09. The molecular formula is C13H15F2N3. The molecule has 0 aliphatic rings. The Hall–Kier alpha value is -1.91. The molecule has 0 aliphatic heterocycles. The number of hydrogen-bond donors (Lipinski definition) is 1. The molecule has 3 nitrogen and oxygen atoms in total. The lowest BCUT2D eigenvalue weighted by Crippen LogP contribution is -2.07. The second kappa shape index (κ2) is 4.40. The Kier molecular flexibility index (Phi) is 3.07. The summed E-state index contributed by atoms with van der Waals surface area (Å²) in [6.45, 7) is 5.74. The summed E-state index contributed by atoms with van der Waals surface area (Å²) in [6.07, 6.45) is 0. The monoisotopic (exact) mass is 251 g/mol. The summed E-state index contributed by atoms with van der Waals surface area (Å²) in [6, 6.07) is 3.52. The van der Waals surface area contributed by atoms with Crippen molar-refractivity contribution in [2.45, 2.75) is 26.8 Å².